The van der Waals surface area contributed by atoms with Gasteiger partial charge in [-0.3, -0.25) is 4.72 Å². The van der Waals surface area contributed by atoms with Crippen LogP contribution in [-0.4, -0.2) is 39.6 Å². The normalized spacial score (nSPS) is 19.1. The van der Waals surface area contributed by atoms with Crippen molar-refractivity contribution in [2.75, 3.05) is 31.0 Å². The second-order valence-corrected chi connectivity index (χ2v) is 10.3. The Kier molecular flexibility index (Phi) is 7.13. The van der Waals surface area contributed by atoms with E-state index in [4.69, 9.17) is 4.74 Å². The average molecular weight is 496 g/mol. The number of halogens is 1. The van der Waals surface area contributed by atoms with Crippen LogP contribution in [0.1, 0.15) is 22.6 Å². The molecule has 2 aliphatic rings. The van der Waals surface area contributed by atoms with Crippen molar-refractivity contribution in [2.45, 2.75) is 17.2 Å². The predicted molar refractivity (Wildman–Crippen MR) is 134 cm³/mol. The summed E-state index contributed by atoms with van der Waals surface area (Å²) < 4.78 is 33.6. The molecule has 0 aromatic heterocycles. The number of fused-ring (bicyclic) bond motifs is 3. The monoisotopic (exact) mass is 495 g/mol. The van der Waals surface area contributed by atoms with Gasteiger partial charge in [-0.15, -0.1) is 12.4 Å². The number of rotatable bonds is 6. The van der Waals surface area contributed by atoms with Crippen LogP contribution in [0.4, 0.5) is 5.69 Å². The van der Waals surface area contributed by atoms with Crippen LogP contribution in [-0.2, 0) is 16.4 Å². The van der Waals surface area contributed by atoms with Crippen molar-refractivity contribution in [1.29, 1.82) is 5.26 Å². The molecule has 0 amide bonds. The fraction of sp³-hybridized carbons (Fsp3) is 0.269. The van der Waals surface area contributed by atoms with Gasteiger partial charge in [-0.25, -0.2) is 8.42 Å². The van der Waals surface area contributed by atoms with Crippen LogP contribution in [0.2, 0.25) is 0 Å². The van der Waals surface area contributed by atoms with E-state index >= 15 is 0 Å². The quantitative estimate of drug-likeness (QED) is 0.547. The molecule has 176 valence electrons. The third-order valence-electron chi connectivity index (χ3n) is 6.48. The number of nitrogens with one attached hydrogen (secondary N) is 1. The molecule has 0 saturated carbocycles. The number of nitrogens with zero attached hydrogens (tertiary/aromatic N) is 2. The van der Waals surface area contributed by atoms with E-state index in [9.17, 15) is 13.7 Å². The highest BCUT2D eigenvalue weighted by Crippen LogP contribution is 2.41. The molecule has 2 unspecified atom stereocenters. The van der Waals surface area contributed by atoms with Crippen LogP contribution in [0.5, 0.6) is 5.75 Å². The van der Waals surface area contributed by atoms with Crippen LogP contribution < -0.4 is 9.46 Å². The summed E-state index contributed by atoms with van der Waals surface area (Å²) >= 11 is 0. The van der Waals surface area contributed by atoms with Crippen LogP contribution in [0.25, 0.3) is 0 Å². The van der Waals surface area contributed by atoms with Crippen molar-refractivity contribution < 1.29 is 13.2 Å². The third kappa shape index (κ3) is 5.05. The lowest BCUT2D eigenvalue weighted by atomic mass is 9.86. The summed E-state index contributed by atoms with van der Waals surface area (Å²) in [6.45, 7) is 3.59. The Morgan fingerprint density at radius 1 is 1.03 bits per heavy atom. The lowest BCUT2D eigenvalue weighted by Gasteiger charge is -2.27. The minimum Gasteiger partial charge on any atom is -0.493 e. The number of benzene rings is 3. The zero-order valence-electron chi connectivity index (χ0n) is 18.6. The molecule has 2 aliphatic heterocycles. The molecular weight excluding hydrogens is 470 g/mol. The summed E-state index contributed by atoms with van der Waals surface area (Å²) in [5.74, 6) is 1.75. The van der Waals surface area contributed by atoms with Gasteiger partial charge in [0, 0.05) is 42.7 Å². The van der Waals surface area contributed by atoms with Crippen LogP contribution in [0.3, 0.4) is 0 Å². The van der Waals surface area contributed by atoms with Gasteiger partial charge in [-0.05, 0) is 54.4 Å². The molecule has 0 bridgehead atoms. The fourth-order valence-corrected chi connectivity index (χ4v) is 5.82. The van der Waals surface area contributed by atoms with E-state index in [0.717, 1.165) is 49.5 Å². The van der Waals surface area contributed by atoms with Gasteiger partial charge in [0.1, 0.15) is 5.75 Å². The third-order valence-corrected chi connectivity index (χ3v) is 7.88. The summed E-state index contributed by atoms with van der Waals surface area (Å²) in [4.78, 5) is 2.70. The highest BCUT2D eigenvalue weighted by molar-refractivity contribution is 7.92. The molecule has 5 rings (SSSR count). The van der Waals surface area contributed by atoms with Gasteiger partial charge >= 0.3 is 0 Å². The van der Waals surface area contributed by atoms with E-state index in [1.165, 1.54) is 0 Å². The van der Waals surface area contributed by atoms with Gasteiger partial charge in [0.15, 0.2) is 0 Å². The van der Waals surface area contributed by atoms with Crippen molar-refractivity contribution in [3.63, 3.8) is 0 Å². The number of hydrogen-bond donors (Lipinski definition) is 1. The summed E-state index contributed by atoms with van der Waals surface area (Å²) in [5.41, 5.74) is 3.55. The molecule has 0 aliphatic carbocycles. The van der Waals surface area contributed by atoms with Gasteiger partial charge < -0.3 is 9.64 Å². The van der Waals surface area contributed by atoms with E-state index in [0.29, 0.717) is 23.1 Å². The van der Waals surface area contributed by atoms with Crippen LogP contribution >= 0.6 is 12.4 Å². The van der Waals surface area contributed by atoms with Gasteiger partial charge in [0.2, 0.25) is 0 Å². The zero-order chi connectivity index (χ0) is 22.8. The van der Waals surface area contributed by atoms with Crippen LogP contribution in [0.15, 0.2) is 77.7 Å². The maximum Gasteiger partial charge on any atom is 0.261 e. The van der Waals surface area contributed by atoms with Gasteiger partial charge in [0.05, 0.1) is 23.1 Å². The average Bonchev–Trinajstić information content (AvgIpc) is 3.27. The second kappa shape index (κ2) is 10.1. The number of likely N-dealkylation sites (tertiary alicyclic amines) is 1. The molecule has 1 N–H and O–H groups in total. The Balaban J connectivity index is 0.00000274. The summed E-state index contributed by atoms with van der Waals surface area (Å²) in [6, 6.07) is 23.9. The van der Waals surface area contributed by atoms with E-state index in [1.807, 2.05) is 42.5 Å². The Hall–Kier alpha value is -3.05. The number of nitriles is 1. The molecule has 2 atom stereocenters. The van der Waals surface area contributed by atoms with Gasteiger partial charge in [-0.1, -0.05) is 30.3 Å². The summed E-state index contributed by atoms with van der Waals surface area (Å²) in [7, 11) is -3.58. The number of ether oxygens (including phenoxy) is 1. The van der Waals surface area contributed by atoms with Gasteiger partial charge in [-0.2, -0.15) is 5.26 Å². The highest BCUT2D eigenvalue weighted by Gasteiger charge is 2.38. The zero-order valence-corrected chi connectivity index (χ0v) is 20.2. The molecule has 1 saturated heterocycles. The SMILES string of the molecule is Cl.N#Cc1ccc2c(c1)C1CN(CCc3ccc(NS(=O)(=O)c4ccccc4)cc3)CC1CO2. The lowest BCUT2D eigenvalue weighted by Crippen LogP contribution is -2.25. The Morgan fingerprint density at radius 3 is 2.53 bits per heavy atom. The first-order valence-electron chi connectivity index (χ1n) is 11.1. The Bertz CT molecular complexity index is 1290. The first kappa shape index (κ1) is 24.1. The molecule has 34 heavy (non-hydrogen) atoms. The van der Waals surface area contributed by atoms with Crippen molar-refractivity contribution in [3.8, 4) is 11.8 Å². The molecular formula is C26H26ClN3O3S. The molecule has 3 aromatic rings. The molecule has 2 heterocycles. The maximum atomic E-state index is 12.5. The topological polar surface area (TPSA) is 82.4 Å². The van der Waals surface area contributed by atoms with Crippen LogP contribution in [0, 0.1) is 17.2 Å². The molecule has 1 fully saturated rings. The first-order valence-corrected chi connectivity index (χ1v) is 12.6. The van der Waals surface area contributed by atoms with E-state index < -0.39 is 10.0 Å². The smallest absolute Gasteiger partial charge is 0.261 e. The van der Waals surface area contributed by atoms with E-state index in [-0.39, 0.29) is 17.3 Å². The first-order chi connectivity index (χ1) is 16.0. The summed E-state index contributed by atoms with van der Waals surface area (Å²) in [5, 5.41) is 9.24. The maximum absolute atomic E-state index is 12.5. The number of anilines is 1. The summed E-state index contributed by atoms with van der Waals surface area (Å²) in [6.07, 6.45) is 0.886. The Morgan fingerprint density at radius 2 is 1.79 bits per heavy atom. The highest BCUT2D eigenvalue weighted by atomic mass is 35.5. The standard InChI is InChI=1S/C26H25N3O3S.ClH/c27-15-20-8-11-26-24(14-20)25-17-29(16-21(25)18-32-26)13-12-19-6-9-22(10-7-19)28-33(30,31)23-4-2-1-3-5-23;/h1-11,14,21,25,28H,12-13,16-18H2;1H. The minimum atomic E-state index is -3.58. The fourth-order valence-electron chi connectivity index (χ4n) is 4.74. The van der Waals surface area contributed by atoms with Gasteiger partial charge in [0.25, 0.3) is 10.0 Å². The molecule has 8 heteroatoms. The molecule has 6 nitrogen and oxygen atoms in total. The van der Waals surface area contributed by atoms with Crippen molar-refractivity contribution in [3.05, 3.63) is 89.5 Å². The second-order valence-electron chi connectivity index (χ2n) is 8.67. The number of sulfonamides is 1. The molecule has 0 radical (unpaired) electrons. The van der Waals surface area contributed by atoms with Crippen molar-refractivity contribution in [1.82, 2.24) is 4.90 Å². The number of hydrogen-bond acceptors (Lipinski definition) is 5. The Labute approximate surface area is 206 Å². The lowest BCUT2D eigenvalue weighted by molar-refractivity contribution is 0.213. The van der Waals surface area contributed by atoms with E-state index in [2.05, 4.69) is 15.7 Å². The van der Waals surface area contributed by atoms with Crippen molar-refractivity contribution >= 4 is 28.1 Å². The molecule has 3 aromatic carbocycles. The molecule has 0 spiro atoms. The van der Waals surface area contributed by atoms with Crippen molar-refractivity contribution in [2.24, 2.45) is 5.92 Å². The largest absolute Gasteiger partial charge is 0.493 e. The van der Waals surface area contributed by atoms with E-state index in [1.54, 1.807) is 30.3 Å². The predicted octanol–water partition coefficient (Wildman–Crippen LogP) is 4.43. The minimum absolute atomic E-state index is 0.